The molecule has 0 amide bonds. The molecule has 0 aliphatic carbocycles. The molecule has 3 aromatic rings. The Kier molecular flexibility index (Phi) is 5.21. The second kappa shape index (κ2) is 7.83. The van der Waals surface area contributed by atoms with E-state index in [0.29, 0.717) is 40.9 Å². The maximum atomic E-state index is 12.6. The topological polar surface area (TPSA) is 103 Å². The van der Waals surface area contributed by atoms with Gasteiger partial charge in [0.25, 0.3) is 0 Å². The van der Waals surface area contributed by atoms with Gasteiger partial charge in [0.1, 0.15) is 17.9 Å². The molecule has 0 spiro atoms. The van der Waals surface area contributed by atoms with Crippen LogP contribution in [0.15, 0.2) is 57.7 Å². The average molecular weight is 429 g/mol. The highest BCUT2D eigenvalue weighted by molar-refractivity contribution is 7.93. The van der Waals surface area contributed by atoms with Crippen molar-refractivity contribution in [3.8, 4) is 5.75 Å². The van der Waals surface area contributed by atoms with Crippen LogP contribution in [-0.4, -0.2) is 33.8 Å². The number of hydrogen-bond acceptors (Lipinski definition) is 7. The van der Waals surface area contributed by atoms with E-state index in [9.17, 15) is 18.0 Å². The second-order valence-corrected chi connectivity index (χ2v) is 8.83. The summed E-state index contributed by atoms with van der Waals surface area (Å²) in [5.74, 6) is 0.00710. The van der Waals surface area contributed by atoms with Crippen LogP contribution < -0.4 is 14.7 Å². The molecule has 1 fully saturated rings. The summed E-state index contributed by atoms with van der Waals surface area (Å²) < 4.78 is 41.2. The number of methoxy groups -OCH3 is 1. The molecule has 1 saturated heterocycles. The van der Waals surface area contributed by atoms with Crippen LogP contribution in [-0.2, 0) is 21.4 Å². The van der Waals surface area contributed by atoms with Crippen molar-refractivity contribution in [2.75, 3.05) is 23.7 Å². The first-order valence-corrected chi connectivity index (χ1v) is 10.9. The Morgan fingerprint density at radius 2 is 2.00 bits per heavy atom. The minimum atomic E-state index is -3.35. The number of carbonyl (C=O) groups is 1. The van der Waals surface area contributed by atoms with E-state index in [0.717, 1.165) is 0 Å². The van der Waals surface area contributed by atoms with E-state index < -0.39 is 21.6 Å². The number of rotatable bonds is 5. The number of benzene rings is 2. The maximum Gasteiger partial charge on any atom is 0.338 e. The van der Waals surface area contributed by atoms with Gasteiger partial charge in [-0.2, -0.15) is 0 Å². The number of anilines is 1. The van der Waals surface area contributed by atoms with Crippen molar-refractivity contribution < 1.29 is 27.1 Å². The fourth-order valence-corrected chi connectivity index (χ4v) is 4.96. The van der Waals surface area contributed by atoms with E-state index in [2.05, 4.69) is 0 Å². The van der Waals surface area contributed by atoms with E-state index >= 15 is 0 Å². The number of ether oxygens (including phenoxy) is 2. The van der Waals surface area contributed by atoms with E-state index in [1.807, 2.05) is 0 Å². The van der Waals surface area contributed by atoms with Crippen molar-refractivity contribution in [1.29, 1.82) is 0 Å². The van der Waals surface area contributed by atoms with Gasteiger partial charge in [0.2, 0.25) is 10.0 Å². The molecule has 2 aromatic carbocycles. The van der Waals surface area contributed by atoms with Gasteiger partial charge in [0.15, 0.2) is 0 Å². The predicted octanol–water partition coefficient (Wildman–Crippen LogP) is 2.70. The summed E-state index contributed by atoms with van der Waals surface area (Å²) in [4.78, 5) is 24.4. The van der Waals surface area contributed by atoms with Crippen LogP contribution in [0, 0.1) is 0 Å². The van der Waals surface area contributed by atoms with E-state index in [1.165, 1.54) is 23.5 Å². The predicted molar refractivity (Wildman–Crippen MR) is 110 cm³/mol. The maximum absolute atomic E-state index is 12.6. The van der Waals surface area contributed by atoms with Crippen molar-refractivity contribution in [3.63, 3.8) is 0 Å². The minimum absolute atomic E-state index is 0.0934. The quantitative estimate of drug-likeness (QED) is 0.454. The highest BCUT2D eigenvalue weighted by atomic mass is 32.2. The monoisotopic (exact) mass is 429 g/mol. The molecule has 1 aliphatic heterocycles. The molecule has 1 aromatic heterocycles. The Labute approximate surface area is 172 Å². The first kappa shape index (κ1) is 20.0. The fourth-order valence-electron chi connectivity index (χ4n) is 3.40. The average Bonchev–Trinajstić information content (AvgIpc) is 3.10. The first-order valence-electron chi connectivity index (χ1n) is 9.26. The highest BCUT2D eigenvalue weighted by Crippen LogP contribution is 2.26. The van der Waals surface area contributed by atoms with Gasteiger partial charge in [0, 0.05) is 29.6 Å². The summed E-state index contributed by atoms with van der Waals surface area (Å²) in [6.07, 6.45) is 0.547. The van der Waals surface area contributed by atoms with Gasteiger partial charge in [-0.05, 0) is 36.8 Å². The normalized spacial score (nSPS) is 15.3. The van der Waals surface area contributed by atoms with Crippen LogP contribution in [0.25, 0.3) is 11.0 Å². The lowest BCUT2D eigenvalue weighted by Gasteiger charge is -2.17. The lowest BCUT2D eigenvalue weighted by molar-refractivity contribution is 0.0474. The lowest BCUT2D eigenvalue weighted by atomic mass is 10.1. The Morgan fingerprint density at radius 1 is 1.17 bits per heavy atom. The Balaban J connectivity index is 1.56. The zero-order valence-electron chi connectivity index (χ0n) is 16.2. The molecule has 0 saturated carbocycles. The molecule has 8 nitrogen and oxygen atoms in total. The lowest BCUT2D eigenvalue weighted by Crippen LogP contribution is -2.25. The third-order valence-corrected chi connectivity index (χ3v) is 6.73. The fraction of sp³-hybridized carbons (Fsp3) is 0.238. The molecule has 30 heavy (non-hydrogen) atoms. The molecule has 156 valence electrons. The summed E-state index contributed by atoms with van der Waals surface area (Å²) in [5, 5.41) is 0.625. The molecule has 4 rings (SSSR count). The van der Waals surface area contributed by atoms with E-state index in [4.69, 9.17) is 13.9 Å². The second-order valence-electron chi connectivity index (χ2n) is 6.82. The van der Waals surface area contributed by atoms with Gasteiger partial charge >= 0.3 is 11.6 Å². The summed E-state index contributed by atoms with van der Waals surface area (Å²) in [7, 11) is -1.84. The standard InChI is InChI=1S/C21H19NO7S/c1-27-17-6-7-18-15(11-20(23)29-19(18)12-17)13-28-21(24)14-4-2-5-16(10-14)22-8-3-9-30(22,25)26/h2,4-7,10-12H,3,8-9,13H2,1H3. The smallest absolute Gasteiger partial charge is 0.338 e. The van der Waals surface area contributed by atoms with Gasteiger partial charge in [-0.15, -0.1) is 0 Å². The van der Waals surface area contributed by atoms with Crippen LogP contribution in [0.3, 0.4) is 0 Å². The molecular weight excluding hydrogens is 410 g/mol. The Morgan fingerprint density at radius 3 is 2.73 bits per heavy atom. The summed E-state index contributed by atoms with van der Waals surface area (Å²) in [6.45, 7) is 0.246. The number of nitrogens with zero attached hydrogens (tertiary/aromatic N) is 1. The summed E-state index contributed by atoms with van der Waals surface area (Å²) in [6, 6.07) is 12.6. The van der Waals surface area contributed by atoms with Crippen molar-refractivity contribution in [1.82, 2.24) is 0 Å². The van der Waals surface area contributed by atoms with Gasteiger partial charge < -0.3 is 13.9 Å². The molecule has 1 aliphatic rings. The first-order chi connectivity index (χ1) is 14.4. The molecular formula is C21H19NO7S. The molecule has 0 unspecified atom stereocenters. The summed E-state index contributed by atoms with van der Waals surface area (Å²) in [5.41, 5.74) is 0.913. The largest absolute Gasteiger partial charge is 0.497 e. The van der Waals surface area contributed by atoms with Gasteiger partial charge in [-0.1, -0.05) is 6.07 Å². The molecule has 0 atom stereocenters. The third kappa shape index (κ3) is 3.88. The molecule has 0 bridgehead atoms. The number of esters is 1. The third-order valence-electron chi connectivity index (χ3n) is 4.87. The van der Waals surface area contributed by atoms with E-state index in [-0.39, 0.29) is 17.9 Å². The van der Waals surface area contributed by atoms with Crippen molar-refractivity contribution in [2.45, 2.75) is 13.0 Å². The Hall–Kier alpha value is -3.33. The minimum Gasteiger partial charge on any atom is -0.497 e. The molecule has 0 radical (unpaired) electrons. The van der Waals surface area contributed by atoms with Crippen molar-refractivity contribution >= 4 is 32.6 Å². The van der Waals surface area contributed by atoms with Crippen LogP contribution >= 0.6 is 0 Å². The molecule has 9 heteroatoms. The Bertz CT molecular complexity index is 1280. The van der Waals surface area contributed by atoms with Gasteiger partial charge in [-0.25, -0.2) is 18.0 Å². The van der Waals surface area contributed by atoms with Crippen LogP contribution in [0.1, 0.15) is 22.3 Å². The van der Waals surface area contributed by atoms with Crippen molar-refractivity contribution in [2.24, 2.45) is 0 Å². The van der Waals surface area contributed by atoms with Gasteiger partial charge in [0.05, 0.1) is 24.1 Å². The van der Waals surface area contributed by atoms with Crippen LogP contribution in [0.5, 0.6) is 5.75 Å². The number of carbonyl (C=O) groups excluding carboxylic acids is 1. The molecule has 2 heterocycles. The SMILES string of the molecule is COc1ccc2c(COC(=O)c3cccc(N4CCCS4(=O)=O)c3)cc(=O)oc2c1. The zero-order chi connectivity index (χ0) is 21.3. The highest BCUT2D eigenvalue weighted by Gasteiger charge is 2.28. The number of sulfonamides is 1. The van der Waals surface area contributed by atoms with Crippen LogP contribution in [0.4, 0.5) is 5.69 Å². The van der Waals surface area contributed by atoms with Crippen LogP contribution in [0.2, 0.25) is 0 Å². The number of hydrogen-bond donors (Lipinski definition) is 0. The molecule has 0 N–H and O–H groups in total. The van der Waals surface area contributed by atoms with E-state index in [1.54, 1.807) is 36.4 Å². The number of fused-ring (bicyclic) bond motifs is 1. The summed E-state index contributed by atoms with van der Waals surface area (Å²) >= 11 is 0. The van der Waals surface area contributed by atoms with Crippen molar-refractivity contribution in [3.05, 3.63) is 70.1 Å². The van der Waals surface area contributed by atoms with Gasteiger partial charge in [-0.3, -0.25) is 4.31 Å². The zero-order valence-corrected chi connectivity index (χ0v) is 17.0.